The maximum Gasteiger partial charge on any atom is 0.257 e. The fraction of sp³-hybridized carbons (Fsp3) is 0.357. The molecule has 0 heterocycles. The summed E-state index contributed by atoms with van der Waals surface area (Å²) in [6.45, 7) is 2.46. The van der Waals surface area contributed by atoms with E-state index in [4.69, 9.17) is 22.7 Å². The lowest BCUT2D eigenvalue weighted by atomic mass is 9.84. The zero-order valence-electron chi connectivity index (χ0n) is 21.3. The van der Waals surface area contributed by atoms with Crippen molar-refractivity contribution in [2.24, 2.45) is 5.92 Å². The molecular formula is C28H31ClF2N4O3. The molecule has 1 saturated carbocycles. The third kappa shape index (κ3) is 7.25. The van der Waals surface area contributed by atoms with Crippen LogP contribution in [0.15, 0.2) is 47.7 Å². The van der Waals surface area contributed by atoms with Crippen LogP contribution in [0.3, 0.4) is 0 Å². The highest BCUT2D eigenvalue weighted by Crippen LogP contribution is 2.26. The van der Waals surface area contributed by atoms with Gasteiger partial charge in [-0.3, -0.25) is 14.4 Å². The van der Waals surface area contributed by atoms with E-state index in [0.29, 0.717) is 11.8 Å². The standard InChI is InChI=1S/C28H31ClF2N4O3/c1-16(34-22-8-6-19(7-9-22)17(2)36)23(13-32)28(38)35(14-18-10-20(30)12-21(31)11-18)15-26(37)27-24(29)4-3-5-25(27)33/h3-5,10-13,19,22,32,34H,6-9,14-15,33H2,1-2H3/b23-16+,32-13?/t19-,22-. The van der Waals surface area contributed by atoms with Gasteiger partial charge >= 0.3 is 0 Å². The molecule has 0 bridgehead atoms. The van der Waals surface area contributed by atoms with Gasteiger partial charge in [-0.15, -0.1) is 0 Å². The molecular weight excluding hydrogens is 514 g/mol. The minimum Gasteiger partial charge on any atom is -0.398 e. The molecule has 3 rings (SSSR count). The Bertz CT molecular complexity index is 1230. The van der Waals surface area contributed by atoms with Crippen molar-refractivity contribution in [1.82, 2.24) is 10.2 Å². The number of ketones is 2. The van der Waals surface area contributed by atoms with Crippen LogP contribution in [0, 0.1) is 23.0 Å². The van der Waals surface area contributed by atoms with E-state index < -0.39 is 29.9 Å². The molecule has 2 aromatic carbocycles. The van der Waals surface area contributed by atoms with E-state index >= 15 is 0 Å². The van der Waals surface area contributed by atoms with E-state index in [1.807, 2.05) is 0 Å². The minimum absolute atomic E-state index is 0.00417. The molecule has 1 amide bonds. The monoisotopic (exact) mass is 544 g/mol. The third-order valence-corrected chi connectivity index (χ3v) is 7.06. The van der Waals surface area contributed by atoms with E-state index in [2.05, 4.69) is 5.32 Å². The summed E-state index contributed by atoms with van der Waals surface area (Å²) in [5.41, 5.74) is 6.67. The Labute approximate surface area is 225 Å². The van der Waals surface area contributed by atoms with Crippen molar-refractivity contribution in [3.63, 3.8) is 0 Å². The highest BCUT2D eigenvalue weighted by atomic mass is 35.5. The first-order valence-electron chi connectivity index (χ1n) is 12.3. The molecule has 0 unspecified atom stereocenters. The van der Waals surface area contributed by atoms with Gasteiger partial charge in [0.15, 0.2) is 5.78 Å². The molecule has 0 saturated heterocycles. The second kappa shape index (κ2) is 12.8. The van der Waals surface area contributed by atoms with Crippen molar-refractivity contribution in [1.29, 1.82) is 5.41 Å². The number of carbonyl (C=O) groups is 3. The Balaban J connectivity index is 1.89. The molecule has 1 aliphatic rings. The van der Waals surface area contributed by atoms with E-state index in [1.165, 1.54) is 12.1 Å². The first-order chi connectivity index (χ1) is 18.0. The van der Waals surface area contributed by atoms with E-state index in [0.717, 1.165) is 48.9 Å². The SMILES string of the molecule is C/C(N[C@H]1CC[C@H](C(C)=O)CC1)=C(/C=N)C(=O)N(CC(=O)c1c(N)cccc1Cl)Cc1cc(F)cc(F)c1. The molecule has 4 N–H and O–H groups in total. The number of halogens is 3. The van der Waals surface area contributed by atoms with Crippen LogP contribution in [-0.2, 0) is 16.1 Å². The predicted molar refractivity (Wildman–Crippen MR) is 143 cm³/mol. The highest BCUT2D eigenvalue weighted by Gasteiger charge is 2.27. The van der Waals surface area contributed by atoms with Gasteiger partial charge < -0.3 is 21.4 Å². The molecule has 38 heavy (non-hydrogen) atoms. The summed E-state index contributed by atoms with van der Waals surface area (Å²) in [5.74, 6) is -2.68. The molecule has 0 aromatic heterocycles. The quantitative estimate of drug-likeness (QED) is 0.167. The Hall–Kier alpha value is -3.59. The second-order valence-electron chi connectivity index (χ2n) is 9.55. The number of rotatable bonds is 10. The zero-order chi connectivity index (χ0) is 28.0. The molecule has 2 aromatic rings. The maximum absolute atomic E-state index is 13.9. The fourth-order valence-corrected chi connectivity index (χ4v) is 5.03. The molecule has 10 heteroatoms. The summed E-state index contributed by atoms with van der Waals surface area (Å²) in [6, 6.07) is 7.46. The van der Waals surface area contributed by atoms with Crippen LogP contribution in [-0.4, -0.2) is 41.2 Å². The summed E-state index contributed by atoms with van der Waals surface area (Å²) in [6.07, 6.45) is 3.83. The molecule has 1 fully saturated rings. The average molecular weight is 545 g/mol. The predicted octanol–water partition coefficient (Wildman–Crippen LogP) is 5.07. The Morgan fingerprint density at radius 2 is 1.74 bits per heavy atom. The lowest BCUT2D eigenvalue weighted by Crippen LogP contribution is -2.39. The number of nitrogen functional groups attached to an aromatic ring is 1. The van der Waals surface area contributed by atoms with E-state index in [1.54, 1.807) is 19.9 Å². The Kier molecular flexibility index (Phi) is 9.74. The van der Waals surface area contributed by atoms with Crippen molar-refractivity contribution in [3.8, 4) is 0 Å². The minimum atomic E-state index is -0.823. The van der Waals surface area contributed by atoms with Gasteiger partial charge in [0.2, 0.25) is 0 Å². The van der Waals surface area contributed by atoms with Gasteiger partial charge in [-0.25, -0.2) is 8.78 Å². The number of benzene rings is 2. The Morgan fingerprint density at radius 1 is 1.11 bits per heavy atom. The zero-order valence-corrected chi connectivity index (χ0v) is 22.1. The van der Waals surface area contributed by atoms with Gasteiger partial charge in [-0.1, -0.05) is 17.7 Å². The topological polar surface area (TPSA) is 116 Å². The van der Waals surface area contributed by atoms with E-state index in [-0.39, 0.29) is 51.7 Å². The van der Waals surface area contributed by atoms with Crippen molar-refractivity contribution in [3.05, 3.63) is 75.5 Å². The summed E-state index contributed by atoms with van der Waals surface area (Å²) < 4.78 is 27.8. The molecule has 7 nitrogen and oxygen atoms in total. The third-order valence-electron chi connectivity index (χ3n) is 6.74. The molecule has 202 valence electrons. The summed E-state index contributed by atoms with van der Waals surface area (Å²) in [5, 5.41) is 11.3. The lowest BCUT2D eigenvalue weighted by Gasteiger charge is -2.30. The molecule has 0 spiro atoms. The van der Waals surface area contributed by atoms with Crippen LogP contribution in [0.4, 0.5) is 14.5 Å². The van der Waals surface area contributed by atoms with Crippen molar-refractivity contribution in [2.45, 2.75) is 52.1 Å². The van der Waals surface area contributed by atoms with Crippen molar-refractivity contribution >= 4 is 41.0 Å². The number of amides is 1. The summed E-state index contributed by atoms with van der Waals surface area (Å²) in [7, 11) is 0. The van der Waals surface area contributed by atoms with Crippen molar-refractivity contribution in [2.75, 3.05) is 12.3 Å². The number of nitrogens with zero attached hydrogens (tertiary/aromatic N) is 1. The highest BCUT2D eigenvalue weighted by molar-refractivity contribution is 6.35. The second-order valence-corrected chi connectivity index (χ2v) is 9.96. The summed E-state index contributed by atoms with van der Waals surface area (Å²) in [4.78, 5) is 39.6. The van der Waals surface area contributed by atoms with Gasteiger partial charge in [0.1, 0.15) is 17.4 Å². The van der Waals surface area contributed by atoms with Gasteiger partial charge in [0, 0.05) is 42.2 Å². The smallest absolute Gasteiger partial charge is 0.257 e. The number of allylic oxidation sites excluding steroid dienone is 1. The van der Waals surface area contributed by atoms with Crippen LogP contribution < -0.4 is 11.1 Å². The summed E-state index contributed by atoms with van der Waals surface area (Å²) >= 11 is 6.19. The van der Waals surface area contributed by atoms with Crippen LogP contribution in [0.5, 0.6) is 0 Å². The first kappa shape index (κ1) is 29.0. The van der Waals surface area contributed by atoms with Crippen LogP contribution >= 0.6 is 11.6 Å². The number of nitrogens with two attached hydrogens (primary N) is 1. The molecule has 1 aliphatic carbocycles. The number of nitrogens with one attached hydrogen (secondary N) is 2. The number of Topliss-reactive ketones (excluding diaryl/α,β-unsaturated/α-hetero) is 2. The Morgan fingerprint density at radius 3 is 2.29 bits per heavy atom. The largest absolute Gasteiger partial charge is 0.398 e. The number of hydrogen-bond donors (Lipinski definition) is 3. The van der Waals surface area contributed by atoms with Gasteiger partial charge in [-0.05, 0) is 69.4 Å². The number of hydrogen-bond acceptors (Lipinski definition) is 6. The number of carbonyl (C=O) groups excluding carboxylic acids is 3. The fourth-order valence-electron chi connectivity index (χ4n) is 4.74. The maximum atomic E-state index is 13.9. The van der Waals surface area contributed by atoms with Gasteiger partial charge in [0.25, 0.3) is 5.91 Å². The first-order valence-corrected chi connectivity index (χ1v) is 12.7. The molecule has 0 atom stereocenters. The van der Waals surface area contributed by atoms with Crippen LogP contribution in [0.1, 0.15) is 55.5 Å². The van der Waals surface area contributed by atoms with Crippen molar-refractivity contribution < 1.29 is 23.2 Å². The van der Waals surface area contributed by atoms with Gasteiger partial charge in [0.05, 0.1) is 22.7 Å². The normalized spacial score (nSPS) is 17.8. The van der Waals surface area contributed by atoms with Crippen LogP contribution in [0.25, 0.3) is 0 Å². The molecule has 0 aliphatic heterocycles. The van der Waals surface area contributed by atoms with Crippen LogP contribution in [0.2, 0.25) is 5.02 Å². The van der Waals surface area contributed by atoms with E-state index in [9.17, 15) is 23.2 Å². The average Bonchev–Trinajstić information content (AvgIpc) is 2.83. The molecule has 0 radical (unpaired) electrons. The number of anilines is 1. The lowest BCUT2D eigenvalue weighted by molar-refractivity contribution is -0.126. The van der Waals surface area contributed by atoms with Gasteiger partial charge in [-0.2, -0.15) is 0 Å².